The Morgan fingerprint density at radius 1 is 1.33 bits per heavy atom. The lowest BCUT2D eigenvalue weighted by atomic mass is 10.0. The van der Waals surface area contributed by atoms with E-state index in [9.17, 15) is 4.79 Å². The van der Waals surface area contributed by atoms with E-state index in [4.69, 9.17) is 15.2 Å². The smallest absolute Gasteiger partial charge is 0.237 e. The summed E-state index contributed by atoms with van der Waals surface area (Å²) < 4.78 is 10.1. The van der Waals surface area contributed by atoms with Gasteiger partial charge in [0.2, 0.25) is 5.91 Å². The van der Waals surface area contributed by atoms with E-state index in [0.717, 1.165) is 24.2 Å². The Labute approximate surface area is 125 Å². The summed E-state index contributed by atoms with van der Waals surface area (Å²) >= 11 is 0. The van der Waals surface area contributed by atoms with Gasteiger partial charge >= 0.3 is 0 Å². The molecule has 0 radical (unpaired) electrons. The molecular weight excluding hydrogens is 268 g/mol. The maximum Gasteiger partial charge on any atom is 0.237 e. The number of ether oxygens (including phenoxy) is 2. The highest BCUT2D eigenvalue weighted by Gasteiger charge is 2.34. The predicted octanol–water partition coefficient (Wildman–Crippen LogP) is 1.63. The molecule has 3 N–H and O–H groups in total. The molecule has 5 heteroatoms. The van der Waals surface area contributed by atoms with Crippen LogP contribution in [0.2, 0.25) is 0 Å². The molecule has 0 bridgehead atoms. The van der Waals surface area contributed by atoms with E-state index in [0.29, 0.717) is 18.9 Å². The van der Waals surface area contributed by atoms with Crippen LogP contribution in [0.3, 0.4) is 0 Å². The fourth-order valence-corrected chi connectivity index (χ4v) is 2.35. The fourth-order valence-electron chi connectivity index (χ4n) is 2.35. The van der Waals surface area contributed by atoms with Crippen molar-refractivity contribution < 1.29 is 14.3 Å². The van der Waals surface area contributed by atoms with Gasteiger partial charge in [-0.15, -0.1) is 0 Å². The quantitative estimate of drug-likeness (QED) is 0.763. The van der Waals surface area contributed by atoms with E-state index in [1.54, 1.807) is 14.2 Å². The zero-order chi connectivity index (χ0) is 15.2. The van der Waals surface area contributed by atoms with Gasteiger partial charge in [0, 0.05) is 13.7 Å². The van der Waals surface area contributed by atoms with Crippen molar-refractivity contribution in [2.24, 2.45) is 11.7 Å². The van der Waals surface area contributed by atoms with Crippen LogP contribution >= 0.6 is 0 Å². The molecule has 2 atom stereocenters. The number of carbonyl (C=O) groups excluding carboxylic acids is 1. The average Bonchev–Trinajstić information content (AvgIpc) is 3.34. The number of amides is 1. The molecule has 2 unspecified atom stereocenters. The summed E-state index contributed by atoms with van der Waals surface area (Å²) in [7, 11) is 3.25. The Kier molecular flexibility index (Phi) is 5.59. The highest BCUT2D eigenvalue weighted by Crippen LogP contribution is 2.41. The summed E-state index contributed by atoms with van der Waals surface area (Å²) in [5.41, 5.74) is 6.99. The summed E-state index contributed by atoms with van der Waals surface area (Å²) in [5, 5.41) is 3.08. The molecule has 1 aliphatic carbocycles. The molecule has 21 heavy (non-hydrogen) atoms. The number of carbonyl (C=O) groups is 1. The molecule has 2 rings (SSSR count). The van der Waals surface area contributed by atoms with Gasteiger partial charge in [-0.25, -0.2) is 0 Å². The molecule has 0 spiro atoms. The highest BCUT2D eigenvalue weighted by atomic mass is 16.5. The SMILES string of the molecule is COCCC(N)C(=O)NC(c1ccc(OC)cc1)C1CC1. The minimum absolute atomic E-state index is 0.0389. The minimum Gasteiger partial charge on any atom is -0.497 e. The number of hydrogen-bond donors (Lipinski definition) is 2. The van der Waals surface area contributed by atoms with Crippen molar-refractivity contribution in [1.29, 1.82) is 0 Å². The summed E-state index contributed by atoms with van der Waals surface area (Å²) in [5.74, 6) is 1.22. The molecule has 1 fully saturated rings. The molecule has 116 valence electrons. The van der Waals surface area contributed by atoms with Gasteiger partial charge in [-0.3, -0.25) is 4.79 Å². The Hall–Kier alpha value is -1.59. The zero-order valence-corrected chi connectivity index (χ0v) is 12.7. The third kappa shape index (κ3) is 4.44. The second-order valence-electron chi connectivity index (χ2n) is 5.48. The zero-order valence-electron chi connectivity index (χ0n) is 12.7. The van der Waals surface area contributed by atoms with Crippen molar-refractivity contribution in [3.05, 3.63) is 29.8 Å². The van der Waals surface area contributed by atoms with Gasteiger partial charge in [-0.2, -0.15) is 0 Å². The van der Waals surface area contributed by atoms with Crippen molar-refractivity contribution in [1.82, 2.24) is 5.32 Å². The first-order valence-corrected chi connectivity index (χ1v) is 7.34. The van der Waals surface area contributed by atoms with Gasteiger partial charge in [-0.1, -0.05) is 12.1 Å². The van der Waals surface area contributed by atoms with Crippen molar-refractivity contribution in [3.8, 4) is 5.75 Å². The normalized spacial score (nSPS) is 17.1. The maximum absolute atomic E-state index is 12.2. The highest BCUT2D eigenvalue weighted by molar-refractivity contribution is 5.82. The molecule has 5 nitrogen and oxygen atoms in total. The summed E-state index contributed by atoms with van der Waals surface area (Å²) in [6.07, 6.45) is 2.82. The van der Waals surface area contributed by atoms with Gasteiger partial charge in [0.15, 0.2) is 0 Å². The van der Waals surface area contributed by atoms with Crippen molar-refractivity contribution in [3.63, 3.8) is 0 Å². The third-order valence-corrected chi connectivity index (χ3v) is 3.84. The lowest BCUT2D eigenvalue weighted by Gasteiger charge is -2.21. The molecular formula is C16H24N2O3. The van der Waals surface area contributed by atoms with E-state index in [1.807, 2.05) is 24.3 Å². The van der Waals surface area contributed by atoms with Crippen LogP contribution in [0, 0.1) is 5.92 Å². The van der Waals surface area contributed by atoms with Gasteiger partial charge < -0.3 is 20.5 Å². The molecule has 1 aliphatic rings. The number of hydrogen-bond acceptors (Lipinski definition) is 4. The van der Waals surface area contributed by atoms with Gasteiger partial charge in [0.1, 0.15) is 5.75 Å². The Morgan fingerprint density at radius 2 is 2.00 bits per heavy atom. The van der Waals surface area contributed by atoms with Crippen molar-refractivity contribution in [2.75, 3.05) is 20.8 Å². The first kappa shape index (κ1) is 15.8. The molecule has 0 heterocycles. The Morgan fingerprint density at radius 3 is 2.52 bits per heavy atom. The van der Waals surface area contributed by atoms with Gasteiger partial charge in [0.25, 0.3) is 0 Å². The average molecular weight is 292 g/mol. The van der Waals surface area contributed by atoms with E-state index in [2.05, 4.69) is 5.32 Å². The number of methoxy groups -OCH3 is 2. The summed E-state index contributed by atoms with van der Waals surface area (Å²) in [6, 6.07) is 7.36. The lowest BCUT2D eigenvalue weighted by Crippen LogP contribution is -2.43. The van der Waals surface area contributed by atoms with Crippen molar-refractivity contribution >= 4 is 5.91 Å². The van der Waals surface area contributed by atoms with Crippen LogP contribution in [0.1, 0.15) is 30.9 Å². The minimum atomic E-state index is -0.524. The molecule has 1 aromatic rings. The molecule has 0 aliphatic heterocycles. The first-order chi connectivity index (χ1) is 10.2. The first-order valence-electron chi connectivity index (χ1n) is 7.34. The monoisotopic (exact) mass is 292 g/mol. The number of nitrogens with one attached hydrogen (secondary N) is 1. The van der Waals surface area contributed by atoms with Gasteiger partial charge in [-0.05, 0) is 42.9 Å². The lowest BCUT2D eigenvalue weighted by molar-refractivity contribution is -0.123. The summed E-state index contributed by atoms with van der Waals surface area (Å²) in [4.78, 5) is 12.2. The van der Waals surface area contributed by atoms with E-state index < -0.39 is 6.04 Å². The molecule has 1 saturated carbocycles. The van der Waals surface area contributed by atoms with E-state index in [1.165, 1.54) is 0 Å². The van der Waals surface area contributed by atoms with Crippen LogP contribution in [0.5, 0.6) is 5.75 Å². The summed E-state index contributed by atoms with van der Waals surface area (Å²) in [6.45, 7) is 0.491. The van der Waals surface area contributed by atoms with Crippen LogP contribution in [0.4, 0.5) is 0 Å². The maximum atomic E-state index is 12.2. The van der Waals surface area contributed by atoms with E-state index >= 15 is 0 Å². The van der Waals surface area contributed by atoms with Gasteiger partial charge in [0.05, 0.1) is 19.2 Å². The molecule has 0 aromatic heterocycles. The number of nitrogens with two attached hydrogens (primary N) is 1. The number of benzene rings is 1. The second-order valence-corrected chi connectivity index (χ2v) is 5.48. The number of rotatable bonds is 8. The largest absolute Gasteiger partial charge is 0.497 e. The van der Waals surface area contributed by atoms with Crippen LogP contribution in [-0.4, -0.2) is 32.8 Å². The molecule has 1 amide bonds. The Bertz CT molecular complexity index is 457. The van der Waals surface area contributed by atoms with Crippen LogP contribution in [0.15, 0.2) is 24.3 Å². The van der Waals surface area contributed by atoms with Crippen LogP contribution < -0.4 is 15.8 Å². The molecule has 0 saturated heterocycles. The van der Waals surface area contributed by atoms with Crippen molar-refractivity contribution in [2.45, 2.75) is 31.3 Å². The Balaban J connectivity index is 2.00. The third-order valence-electron chi connectivity index (χ3n) is 3.84. The van der Waals surface area contributed by atoms with E-state index in [-0.39, 0.29) is 11.9 Å². The van der Waals surface area contributed by atoms with Crippen LogP contribution in [-0.2, 0) is 9.53 Å². The van der Waals surface area contributed by atoms with Crippen LogP contribution in [0.25, 0.3) is 0 Å². The topological polar surface area (TPSA) is 73.6 Å². The molecule has 1 aromatic carbocycles. The predicted molar refractivity (Wildman–Crippen MR) is 81.1 cm³/mol. The second kappa shape index (κ2) is 7.43. The standard InChI is InChI=1S/C16H24N2O3/c1-20-10-9-14(17)16(19)18-15(11-3-4-11)12-5-7-13(21-2)8-6-12/h5-8,11,14-15H,3-4,9-10,17H2,1-2H3,(H,18,19). The fraction of sp³-hybridized carbons (Fsp3) is 0.562.